The molecule has 1 rings (SSSR count). The quantitative estimate of drug-likeness (QED) is 0.733. The first-order valence-electron chi connectivity index (χ1n) is 5.86. The van der Waals surface area contributed by atoms with E-state index >= 15 is 0 Å². The van der Waals surface area contributed by atoms with E-state index in [-0.39, 0.29) is 0 Å². The molecule has 0 aromatic carbocycles. The highest BCUT2D eigenvalue weighted by Crippen LogP contribution is 2.39. The van der Waals surface area contributed by atoms with Gasteiger partial charge in [0.15, 0.2) is 0 Å². The zero-order valence-electron chi connectivity index (χ0n) is 10.4. The van der Waals surface area contributed by atoms with Gasteiger partial charge in [-0.3, -0.25) is 0 Å². The smallest absolute Gasteiger partial charge is 0.147 e. The van der Waals surface area contributed by atoms with Crippen LogP contribution in [0.5, 0.6) is 0 Å². The monoisotopic (exact) mass is 232 g/mol. The number of hydrogen-bond acceptors (Lipinski definition) is 2. The van der Waals surface area contributed by atoms with Gasteiger partial charge in [-0.1, -0.05) is 20.8 Å². The van der Waals surface area contributed by atoms with E-state index in [2.05, 4.69) is 20.8 Å². The summed E-state index contributed by atoms with van der Waals surface area (Å²) in [6.07, 6.45) is 5.93. The van der Waals surface area contributed by atoms with Gasteiger partial charge < -0.3 is 0 Å². The highest BCUT2D eigenvalue weighted by atomic mass is 32.2. The second-order valence-electron chi connectivity index (χ2n) is 6.18. The molecule has 0 aliphatic heterocycles. The van der Waals surface area contributed by atoms with Gasteiger partial charge in [-0.15, -0.1) is 0 Å². The zero-order chi connectivity index (χ0) is 11.7. The molecule has 15 heavy (non-hydrogen) atoms. The molecule has 1 aliphatic carbocycles. The molecule has 0 aromatic heterocycles. The molecule has 0 spiro atoms. The third kappa shape index (κ3) is 4.54. The van der Waals surface area contributed by atoms with E-state index in [0.717, 1.165) is 18.8 Å². The lowest BCUT2D eigenvalue weighted by atomic mass is 9.70. The first-order chi connectivity index (χ1) is 6.68. The van der Waals surface area contributed by atoms with Crippen molar-refractivity contribution in [3.05, 3.63) is 0 Å². The Kier molecular flexibility index (Phi) is 3.85. The molecule has 0 bridgehead atoms. The maximum atomic E-state index is 11.2. The molecule has 1 aliphatic rings. The van der Waals surface area contributed by atoms with Gasteiger partial charge in [0.05, 0.1) is 5.75 Å². The predicted octanol–water partition coefficient (Wildman–Crippen LogP) is 2.88. The minimum Gasteiger partial charge on any atom is -0.229 e. The van der Waals surface area contributed by atoms with Crippen molar-refractivity contribution < 1.29 is 8.42 Å². The molecule has 0 N–H and O–H groups in total. The van der Waals surface area contributed by atoms with Crippen molar-refractivity contribution in [1.29, 1.82) is 0 Å². The molecule has 0 aromatic rings. The van der Waals surface area contributed by atoms with Crippen LogP contribution in [0.3, 0.4) is 0 Å². The van der Waals surface area contributed by atoms with Gasteiger partial charge in [-0.05, 0) is 42.9 Å². The Hall–Kier alpha value is -0.0500. The summed E-state index contributed by atoms with van der Waals surface area (Å²) in [4.78, 5) is 0. The van der Waals surface area contributed by atoms with Crippen molar-refractivity contribution in [3.63, 3.8) is 0 Å². The van der Waals surface area contributed by atoms with Crippen LogP contribution < -0.4 is 0 Å². The summed E-state index contributed by atoms with van der Waals surface area (Å²) < 4.78 is 22.4. The minimum absolute atomic E-state index is 0.385. The molecular weight excluding hydrogens is 208 g/mol. The van der Waals surface area contributed by atoms with E-state index in [1.54, 1.807) is 0 Å². The fourth-order valence-corrected chi connectivity index (χ4v) is 3.81. The lowest BCUT2D eigenvalue weighted by molar-refractivity contribution is 0.156. The molecule has 3 heteroatoms. The van der Waals surface area contributed by atoms with E-state index in [1.807, 2.05) is 0 Å². The van der Waals surface area contributed by atoms with Crippen molar-refractivity contribution in [3.8, 4) is 0 Å². The van der Waals surface area contributed by atoms with Crippen molar-refractivity contribution in [2.24, 2.45) is 17.3 Å². The summed E-state index contributed by atoms with van der Waals surface area (Å²) in [6.45, 7) is 6.86. The van der Waals surface area contributed by atoms with Gasteiger partial charge in [-0.2, -0.15) is 0 Å². The Morgan fingerprint density at radius 1 is 1.07 bits per heavy atom. The largest absolute Gasteiger partial charge is 0.229 e. The average Bonchev–Trinajstić information content (AvgIpc) is 2.00. The summed E-state index contributed by atoms with van der Waals surface area (Å²) in [5.41, 5.74) is 0.385. The van der Waals surface area contributed by atoms with Crippen LogP contribution in [-0.2, 0) is 9.84 Å². The predicted molar refractivity (Wildman–Crippen MR) is 64.6 cm³/mol. The van der Waals surface area contributed by atoms with Gasteiger partial charge in [0.1, 0.15) is 9.84 Å². The highest BCUT2D eigenvalue weighted by molar-refractivity contribution is 7.90. The van der Waals surface area contributed by atoms with Gasteiger partial charge in [0.25, 0.3) is 0 Å². The standard InChI is InChI=1S/C12H24O2S/c1-12(2,3)11-7-5-10(6-8-11)9-15(4,13)14/h10-11H,5-9H2,1-4H3. The fourth-order valence-electron chi connectivity index (χ4n) is 2.62. The molecule has 0 amide bonds. The van der Waals surface area contributed by atoms with Crippen LogP contribution in [0.2, 0.25) is 0 Å². The number of hydrogen-bond donors (Lipinski definition) is 0. The molecule has 0 unspecified atom stereocenters. The van der Waals surface area contributed by atoms with Gasteiger partial charge >= 0.3 is 0 Å². The van der Waals surface area contributed by atoms with Crippen molar-refractivity contribution >= 4 is 9.84 Å². The number of rotatable bonds is 2. The third-order valence-corrected chi connectivity index (χ3v) is 4.69. The minimum atomic E-state index is -2.78. The third-order valence-electron chi connectivity index (χ3n) is 3.61. The Balaban J connectivity index is 2.43. The van der Waals surface area contributed by atoms with Crippen LogP contribution in [0.25, 0.3) is 0 Å². The highest BCUT2D eigenvalue weighted by Gasteiger charge is 2.30. The molecule has 0 heterocycles. The molecule has 0 atom stereocenters. The molecule has 1 fully saturated rings. The van der Waals surface area contributed by atoms with Crippen LogP contribution in [-0.4, -0.2) is 20.4 Å². The van der Waals surface area contributed by atoms with Crippen LogP contribution >= 0.6 is 0 Å². The van der Waals surface area contributed by atoms with Gasteiger partial charge in [0, 0.05) is 6.26 Å². The Morgan fingerprint density at radius 3 is 1.87 bits per heavy atom. The zero-order valence-corrected chi connectivity index (χ0v) is 11.2. The van der Waals surface area contributed by atoms with E-state index in [1.165, 1.54) is 19.1 Å². The Morgan fingerprint density at radius 2 is 1.53 bits per heavy atom. The lowest BCUT2D eigenvalue weighted by Gasteiger charge is -2.36. The lowest BCUT2D eigenvalue weighted by Crippen LogP contribution is -2.28. The molecule has 0 saturated heterocycles. The van der Waals surface area contributed by atoms with E-state index < -0.39 is 9.84 Å². The Labute approximate surface area is 94.4 Å². The molecule has 2 nitrogen and oxygen atoms in total. The van der Waals surface area contributed by atoms with E-state index in [4.69, 9.17) is 0 Å². The van der Waals surface area contributed by atoms with Crippen LogP contribution in [0.15, 0.2) is 0 Å². The first-order valence-corrected chi connectivity index (χ1v) is 7.92. The molecule has 90 valence electrons. The SMILES string of the molecule is CC(C)(C)C1CCC(CS(C)(=O)=O)CC1. The average molecular weight is 232 g/mol. The normalized spacial score (nSPS) is 29.1. The van der Waals surface area contributed by atoms with E-state index in [9.17, 15) is 8.42 Å². The van der Waals surface area contributed by atoms with E-state index in [0.29, 0.717) is 17.1 Å². The maximum absolute atomic E-state index is 11.2. The van der Waals surface area contributed by atoms with Crippen molar-refractivity contribution in [2.45, 2.75) is 46.5 Å². The Bertz CT molecular complexity index is 290. The molecular formula is C12H24O2S. The molecule has 1 saturated carbocycles. The van der Waals surface area contributed by atoms with Crippen molar-refractivity contribution in [1.82, 2.24) is 0 Å². The summed E-state index contributed by atoms with van der Waals surface area (Å²) in [5, 5.41) is 0. The molecule has 0 radical (unpaired) electrons. The second kappa shape index (κ2) is 4.44. The second-order valence-corrected chi connectivity index (χ2v) is 8.36. The summed E-state index contributed by atoms with van der Waals surface area (Å²) in [6, 6.07) is 0. The summed E-state index contributed by atoms with van der Waals surface area (Å²) in [5.74, 6) is 1.58. The van der Waals surface area contributed by atoms with Crippen LogP contribution in [0.4, 0.5) is 0 Å². The maximum Gasteiger partial charge on any atom is 0.147 e. The number of sulfone groups is 1. The van der Waals surface area contributed by atoms with Crippen LogP contribution in [0, 0.1) is 17.3 Å². The van der Waals surface area contributed by atoms with Crippen molar-refractivity contribution in [2.75, 3.05) is 12.0 Å². The van der Waals surface area contributed by atoms with Gasteiger partial charge in [0.2, 0.25) is 0 Å². The topological polar surface area (TPSA) is 34.1 Å². The van der Waals surface area contributed by atoms with Crippen LogP contribution in [0.1, 0.15) is 46.5 Å². The summed E-state index contributed by atoms with van der Waals surface area (Å²) >= 11 is 0. The fraction of sp³-hybridized carbons (Fsp3) is 1.00. The summed E-state index contributed by atoms with van der Waals surface area (Å²) in [7, 11) is -2.78. The van der Waals surface area contributed by atoms with Gasteiger partial charge in [-0.25, -0.2) is 8.42 Å². The first kappa shape index (κ1) is 13.0.